The second-order valence-corrected chi connectivity index (χ2v) is 9.96. The highest BCUT2D eigenvalue weighted by atomic mass is 16.3. The molecule has 172 valence electrons. The Kier molecular flexibility index (Phi) is 5.06. The number of amides is 1. The molecule has 0 fully saturated rings. The molecule has 3 N–H and O–H groups in total. The highest BCUT2D eigenvalue weighted by Gasteiger charge is 2.27. The lowest BCUT2D eigenvalue weighted by Gasteiger charge is -2.29. The van der Waals surface area contributed by atoms with Crippen molar-refractivity contribution in [2.45, 2.75) is 45.4 Å². The Labute approximate surface area is 193 Å². The molecule has 33 heavy (non-hydrogen) atoms. The largest absolute Gasteiger partial charge is 0.389 e. The van der Waals surface area contributed by atoms with Crippen molar-refractivity contribution in [2.75, 3.05) is 13.1 Å². The maximum absolute atomic E-state index is 13.1. The van der Waals surface area contributed by atoms with Gasteiger partial charge in [0.15, 0.2) is 5.82 Å². The van der Waals surface area contributed by atoms with Gasteiger partial charge in [0.25, 0.3) is 5.91 Å². The molecule has 1 amide bonds. The number of fused-ring (bicyclic) bond motifs is 3. The van der Waals surface area contributed by atoms with Crippen LogP contribution in [-0.2, 0) is 20.0 Å². The van der Waals surface area contributed by atoms with Gasteiger partial charge < -0.3 is 24.9 Å². The first kappa shape index (κ1) is 21.7. The number of hydrogen-bond acceptors (Lipinski definition) is 4. The van der Waals surface area contributed by atoms with Crippen molar-refractivity contribution in [1.82, 2.24) is 19.0 Å². The molecule has 1 unspecified atom stereocenters. The summed E-state index contributed by atoms with van der Waals surface area (Å²) in [7, 11) is 2.01. The molecule has 1 aliphatic heterocycles. The number of carbonyl (C=O) groups excluding carboxylic acids is 1. The van der Waals surface area contributed by atoms with Gasteiger partial charge in [-0.1, -0.05) is 18.2 Å². The Balaban J connectivity index is 1.65. The van der Waals surface area contributed by atoms with E-state index in [1.165, 1.54) is 0 Å². The summed E-state index contributed by atoms with van der Waals surface area (Å²) in [6.45, 7) is 7.23. The molecular formula is C26H31N5O2. The fourth-order valence-corrected chi connectivity index (χ4v) is 4.92. The van der Waals surface area contributed by atoms with E-state index in [4.69, 9.17) is 10.7 Å². The molecule has 5 rings (SSSR count). The number of aliphatic hydroxyl groups is 1. The van der Waals surface area contributed by atoms with E-state index in [1.807, 2.05) is 50.9 Å². The van der Waals surface area contributed by atoms with Gasteiger partial charge in [0.05, 0.1) is 28.9 Å². The number of nitrogens with zero attached hydrogens (tertiary/aromatic N) is 4. The third kappa shape index (κ3) is 3.81. The minimum Gasteiger partial charge on any atom is -0.389 e. The number of imidazole rings is 1. The first-order valence-corrected chi connectivity index (χ1v) is 11.5. The molecule has 2 aromatic carbocycles. The molecule has 3 heterocycles. The number of nitrogens with two attached hydrogens (primary N) is 1. The lowest BCUT2D eigenvalue weighted by Crippen LogP contribution is -2.43. The first-order valence-electron chi connectivity index (χ1n) is 11.5. The van der Waals surface area contributed by atoms with Crippen molar-refractivity contribution >= 4 is 27.8 Å². The van der Waals surface area contributed by atoms with Crippen LogP contribution in [0.15, 0.2) is 42.5 Å². The summed E-state index contributed by atoms with van der Waals surface area (Å²) in [6.07, 6.45) is 0.809. The Hall–Kier alpha value is -3.16. The quantitative estimate of drug-likeness (QED) is 0.493. The molecule has 7 heteroatoms. The Morgan fingerprint density at radius 1 is 1.18 bits per heavy atom. The van der Waals surface area contributed by atoms with Crippen LogP contribution in [0, 0.1) is 0 Å². The molecule has 0 spiro atoms. The highest BCUT2D eigenvalue weighted by molar-refractivity contribution is 6.00. The summed E-state index contributed by atoms with van der Waals surface area (Å²) in [4.78, 5) is 19.9. The van der Waals surface area contributed by atoms with Crippen LogP contribution >= 0.6 is 0 Å². The van der Waals surface area contributed by atoms with E-state index >= 15 is 0 Å². The zero-order chi connectivity index (χ0) is 23.5. The van der Waals surface area contributed by atoms with Crippen LogP contribution in [0.1, 0.15) is 36.7 Å². The minimum atomic E-state index is -0.879. The van der Waals surface area contributed by atoms with Crippen LogP contribution in [0.4, 0.5) is 0 Å². The van der Waals surface area contributed by atoms with Gasteiger partial charge in [-0.15, -0.1) is 0 Å². The maximum Gasteiger partial charge on any atom is 0.254 e. The molecule has 0 aliphatic carbocycles. The Morgan fingerprint density at radius 3 is 2.67 bits per heavy atom. The minimum absolute atomic E-state index is 0.0267. The van der Waals surface area contributed by atoms with Gasteiger partial charge in [0, 0.05) is 42.6 Å². The number of carbonyl (C=O) groups is 1. The zero-order valence-corrected chi connectivity index (χ0v) is 19.7. The average Bonchev–Trinajstić information content (AvgIpc) is 3.25. The van der Waals surface area contributed by atoms with E-state index in [0.29, 0.717) is 19.6 Å². The summed E-state index contributed by atoms with van der Waals surface area (Å²) < 4.78 is 4.22. The van der Waals surface area contributed by atoms with Crippen molar-refractivity contribution < 1.29 is 9.90 Å². The van der Waals surface area contributed by atoms with E-state index in [-0.39, 0.29) is 11.9 Å². The molecule has 0 bridgehead atoms. The third-order valence-corrected chi connectivity index (χ3v) is 6.37. The van der Waals surface area contributed by atoms with Crippen molar-refractivity contribution in [3.05, 3.63) is 53.6 Å². The van der Waals surface area contributed by atoms with Crippen molar-refractivity contribution in [1.29, 1.82) is 0 Å². The smallest absolute Gasteiger partial charge is 0.254 e. The predicted octanol–water partition coefficient (Wildman–Crippen LogP) is 3.31. The Bertz CT molecular complexity index is 1370. The van der Waals surface area contributed by atoms with E-state index in [0.717, 1.165) is 51.0 Å². The fraction of sp³-hybridized carbons (Fsp3) is 0.385. The number of para-hydroxylation sites is 1. The van der Waals surface area contributed by atoms with Crippen LogP contribution in [0.2, 0.25) is 0 Å². The second kappa shape index (κ2) is 7.71. The van der Waals surface area contributed by atoms with Crippen molar-refractivity contribution in [3.8, 4) is 11.5 Å². The molecule has 1 aliphatic rings. The van der Waals surface area contributed by atoms with Crippen LogP contribution in [0.5, 0.6) is 0 Å². The molecule has 1 atom stereocenters. The highest BCUT2D eigenvalue weighted by Crippen LogP contribution is 2.33. The fourth-order valence-electron chi connectivity index (χ4n) is 4.92. The summed E-state index contributed by atoms with van der Waals surface area (Å²) in [5.41, 5.74) is 10.6. The van der Waals surface area contributed by atoms with Gasteiger partial charge in [-0.05, 0) is 57.0 Å². The SMILES string of the molecule is CC(N)CN1CCc2cc3c(cc2C1=O)nc(-c1cc2ccccc2n1CC(C)(C)O)n3C. The van der Waals surface area contributed by atoms with E-state index in [2.05, 4.69) is 33.4 Å². The van der Waals surface area contributed by atoms with Gasteiger partial charge in [-0.2, -0.15) is 0 Å². The normalized spacial score (nSPS) is 15.5. The van der Waals surface area contributed by atoms with Crippen molar-refractivity contribution in [3.63, 3.8) is 0 Å². The molecule has 2 aromatic heterocycles. The standard InChI is InChI=1S/C26H31N5O2/c1-16(27)14-30-10-9-17-11-22-20(13-19(17)25(30)32)28-24(29(22)4)23-12-18-7-5-6-8-21(18)31(23)15-26(2,3)33/h5-8,11-13,16,33H,9-10,14-15,27H2,1-4H3. The lowest BCUT2D eigenvalue weighted by molar-refractivity contribution is 0.0632. The van der Waals surface area contributed by atoms with Gasteiger partial charge in [-0.3, -0.25) is 4.79 Å². The summed E-state index contributed by atoms with van der Waals surface area (Å²) in [5, 5.41) is 11.7. The molecule has 0 saturated heterocycles. The topological polar surface area (TPSA) is 89.3 Å². The lowest BCUT2D eigenvalue weighted by atomic mass is 9.97. The van der Waals surface area contributed by atoms with E-state index < -0.39 is 5.60 Å². The van der Waals surface area contributed by atoms with Crippen LogP contribution < -0.4 is 5.73 Å². The first-order chi connectivity index (χ1) is 15.6. The van der Waals surface area contributed by atoms with Gasteiger partial charge in [0.1, 0.15) is 0 Å². The van der Waals surface area contributed by atoms with Crippen LogP contribution in [-0.4, -0.2) is 54.8 Å². The molecule has 0 radical (unpaired) electrons. The number of hydrogen-bond donors (Lipinski definition) is 2. The van der Waals surface area contributed by atoms with Gasteiger partial charge in [0.2, 0.25) is 0 Å². The molecule has 4 aromatic rings. The average molecular weight is 446 g/mol. The summed E-state index contributed by atoms with van der Waals surface area (Å²) >= 11 is 0. The van der Waals surface area contributed by atoms with E-state index in [9.17, 15) is 9.90 Å². The zero-order valence-electron chi connectivity index (χ0n) is 19.7. The van der Waals surface area contributed by atoms with E-state index in [1.54, 1.807) is 0 Å². The van der Waals surface area contributed by atoms with Gasteiger partial charge in [-0.25, -0.2) is 4.98 Å². The predicted molar refractivity (Wildman–Crippen MR) is 131 cm³/mol. The van der Waals surface area contributed by atoms with Crippen LogP contribution in [0.3, 0.4) is 0 Å². The maximum atomic E-state index is 13.1. The third-order valence-electron chi connectivity index (χ3n) is 6.37. The molecular weight excluding hydrogens is 414 g/mol. The van der Waals surface area contributed by atoms with Crippen LogP contribution in [0.25, 0.3) is 33.5 Å². The number of aryl methyl sites for hydroxylation is 1. The number of benzene rings is 2. The van der Waals surface area contributed by atoms with Crippen molar-refractivity contribution in [2.24, 2.45) is 12.8 Å². The summed E-state index contributed by atoms with van der Waals surface area (Å²) in [5.74, 6) is 0.839. The summed E-state index contributed by atoms with van der Waals surface area (Å²) in [6, 6.07) is 14.3. The second-order valence-electron chi connectivity index (χ2n) is 9.96. The number of aromatic nitrogens is 3. The Morgan fingerprint density at radius 2 is 1.94 bits per heavy atom. The number of rotatable bonds is 5. The molecule has 7 nitrogen and oxygen atoms in total. The monoisotopic (exact) mass is 445 g/mol. The molecule has 0 saturated carbocycles. The van der Waals surface area contributed by atoms with Gasteiger partial charge >= 0.3 is 0 Å².